The van der Waals surface area contributed by atoms with E-state index in [2.05, 4.69) is 29.3 Å². The predicted octanol–water partition coefficient (Wildman–Crippen LogP) is 2.25. The summed E-state index contributed by atoms with van der Waals surface area (Å²) < 4.78 is 0. The van der Waals surface area contributed by atoms with Crippen molar-refractivity contribution < 1.29 is 4.79 Å². The van der Waals surface area contributed by atoms with E-state index in [1.165, 1.54) is 5.69 Å². The molecule has 0 aliphatic rings. The Labute approximate surface area is 128 Å². The van der Waals surface area contributed by atoms with E-state index in [-0.39, 0.29) is 17.7 Å². The highest BCUT2D eigenvalue weighted by molar-refractivity contribution is 5.79. The molecule has 4 heteroatoms. The molecule has 0 radical (unpaired) electrons. The number of nitrogens with zero attached hydrogens (tertiary/aromatic N) is 1. The van der Waals surface area contributed by atoms with Crippen LogP contribution in [0.15, 0.2) is 30.3 Å². The van der Waals surface area contributed by atoms with Crippen LogP contribution >= 0.6 is 0 Å². The molecule has 118 valence electrons. The summed E-state index contributed by atoms with van der Waals surface area (Å²) >= 11 is 0. The van der Waals surface area contributed by atoms with Crippen LogP contribution in [0.3, 0.4) is 0 Å². The third kappa shape index (κ3) is 5.76. The Morgan fingerprint density at radius 2 is 1.95 bits per heavy atom. The largest absolute Gasteiger partial charge is 0.372 e. The molecule has 0 spiro atoms. The molecule has 0 saturated heterocycles. The molecule has 3 N–H and O–H groups in total. The maximum absolute atomic E-state index is 12.0. The summed E-state index contributed by atoms with van der Waals surface area (Å²) in [7, 11) is 0. The van der Waals surface area contributed by atoms with E-state index in [9.17, 15) is 4.79 Å². The molecule has 1 rings (SSSR count). The highest BCUT2D eigenvalue weighted by Crippen LogP contribution is 2.13. The number of nitrogens with two attached hydrogens (primary N) is 1. The molecule has 0 saturated carbocycles. The maximum atomic E-state index is 12.0. The molecule has 1 unspecified atom stereocenters. The standard InChI is InChI=1S/C17H29N3O/c1-4-20(15-9-6-5-7-10-15)12-8-11-19-17(21)16(13-18)14(2)3/h5-7,9-10,14,16H,4,8,11-13,18H2,1-3H3,(H,19,21). The quantitative estimate of drug-likeness (QED) is 0.686. The number of carbonyl (C=O) groups is 1. The first-order chi connectivity index (χ1) is 10.1. The molecular formula is C17H29N3O. The van der Waals surface area contributed by atoms with Gasteiger partial charge in [0, 0.05) is 31.9 Å². The zero-order valence-electron chi connectivity index (χ0n) is 13.5. The Morgan fingerprint density at radius 3 is 2.48 bits per heavy atom. The SMILES string of the molecule is CCN(CCCNC(=O)C(CN)C(C)C)c1ccccc1. The van der Waals surface area contributed by atoms with Gasteiger partial charge in [-0.3, -0.25) is 4.79 Å². The predicted molar refractivity (Wildman–Crippen MR) is 89.3 cm³/mol. The van der Waals surface area contributed by atoms with Gasteiger partial charge in [0.05, 0.1) is 5.92 Å². The third-order valence-corrected chi connectivity index (χ3v) is 3.80. The highest BCUT2D eigenvalue weighted by atomic mass is 16.1. The Balaban J connectivity index is 2.34. The highest BCUT2D eigenvalue weighted by Gasteiger charge is 2.19. The first-order valence-electron chi connectivity index (χ1n) is 7.87. The molecule has 1 aromatic rings. The average Bonchev–Trinajstić information content (AvgIpc) is 2.48. The van der Waals surface area contributed by atoms with Gasteiger partial charge in [0.15, 0.2) is 0 Å². The summed E-state index contributed by atoms with van der Waals surface area (Å²) in [4.78, 5) is 14.3. The van der Waals surface area contributed by atoms with Gasteiger partial charge in [-0.25, -0.2) is 0 Å². The summed E-state index contributed by atoms with van der Waals surface area (Å²) in [5, 5.41) is 3.00. The topological polar surface area (TPSA) is 58.4 Å². The van der Waals surface area contributed by atoms with Crippen molar-refractivity contribution in [1.29, 1.82) is 0 Å². The molecule has 4 nitrogen and oxygen atoms in total. The minimum atomic E-state index is -0.0820. The van der Waals surface area contributed by atoms with Crippen molar-refractivity contribution in [1.82, 2.24) is 5.32 Å². The number of amides is 1. The summed E-state index contributed by atoms with van der Waals surface area (Å²) in [5.74, 6) is 0.281. The molecule has 0 aliphatic heterocycles. The number of benzene rings is 1. The van der Waals surface area contributed by atoms with Crippen molar-refractivity contribution in [3.8, 4) is 0 Å². The lowest BCUT2D eigenvalue weighted by atomic mass is 9.95. The van der Waals surface area contributed by atoms with E-state index in [0.29, 0.717) is 13.1 Å². The van der Waals surface area contributed by atoms with Crippen LogP contribution in [0.25, 0.3) is 0 Å². The van der Waals surface area contributed by atoms with Gasteiger partial charge in [-0.1, -0.05) is 32.0 Å². The van der Waals surface area contributed by atoms with Crippen LogP contribution in [0, 0.1) is 11.8 Å². The molecule has 0 fully saturated rings. The fraction of sp³-hybridized carbons (Fsp3) is 0.588. The van der Waals surface area contributed by atoms with E-state index in [1.54, 1.807) is 0 Å². The van der Waals surface area contributed by atoms with Crippen LogP contribution in [0.4, 0.5) is 5.69 Å². The van der Waals surface area contributed by atoms with Gasteiger partial charge in [-0.15, -0.1) is 0 Å². The fourth-order valence-corrected chi connectivity index (χ4v) is 2.40. The Kier molecular flexibility index (Phi) is 7.83. The van der Waals surface area contributed by atoms with Crippen molar-refractivity contribution in [2.75, 3.05) is 31.1 Å². The van der Waals surface area contributed by atoms with Gasteiger partial charge in [0.1, 0.15) is 0 Å². The van der Waals surface area contributed by atoms with Crippen LogP contribution in [-0.4, -0.2) is 32.1 Å². The smallest absolute Gasteiger partial charge is 0.224 e. The zero-order chi connectivity index (χ0) is 15.7. The third-order valence-electron chi connectivity index (χ3n) is 3.80. The first kappa shape index (κ1) is 17.5. The number of nitrogens with one attached hydrogen (secondary N) is 1. The second kappa shape index (κ2) is 9.40. The lowest BCUT2D eigenvalue weighted by molar-refractivity contribution is -0.125. The van der Waals surface area contributed by atoms with Crippen LogP contribution in [0.5, 0.6) is 0 Å². The monoisotopic (exact) mass is 291 g/mol. The van der Waals surface area contributed by atoms with E-state index in [0.717, 1.165) is 19.5 Å². The van der Waals surface area contributed by atoms with Crippen molar-refractivity contribution >= 4 is 11.6 Å². The molecular weight excluding hydrogens is 262 g/mol. The van der Waals surface area contributed by atoms with Gasteiger partial charge in [0.25, 0.3) is 0 Å². The number of para-hydroxylation sites is 1. The number of anilines is 1. The minimum absolute atomic E-state index is 0.0789. The molecule has 1 aromatic carbocycles. The molecule has 0 bridgehead atoms. The van der Waals surface area contributed by atoms with Crippen molar-refractivity contribution in [2.24, 2.45) is 17.6 Å². The van der Waals surface area contributed by atoms with Gasteiger partial charge >= 0.3 is 0 Å². The first-order valence-corrected chi connectivity index (χ1v) is 7.87. The lowest BCUT2D eigenvalue weighted by Gasteiger charge is -2.23. The minimum Gasteiger partial charge on any atom is -0.372 e. The van der Waals surface area contributed by atoms with Crippen LogP contribution in [0.1, 0.15) is 27.2 Å². The second-order valence-corrected chi connectivity index (χ2v) is 5.65. The van der Waals surface area contributed by atoms with Crippen LogP contribution in [-0.2, 0) is 4.79 Å². The van der Waals surface area contributed by atoms with Gasteiger partial charge in [-0.2, -0.15) is 0 Å². The number of rotatable bonds is 9. The van der Waals surface area contributed by atoms with E-state index in [1.807, 2.05) is 32.0 Å². The average molecular weight is 291 g/mol. The summed E-state index contributed by atoms with van der Waals surface area (Å²) in [6, 6.07) is 10.4. The molecule has 0 aliphatic carbocycles. The fourth-order valence-electron chi connectivity index (χ4n) is 2.40. The summed E-state index contributed by atoms with van der Waals surface area (Å²) in [6.45, 7) is 9.23. The van der Waals surface area contributed by atoms with Crippen molar-refractivity contribution in [2.45, 2.75) is 27.2 Å². The van der Waals surface area contributed by atoms with E-state index < -0.39 is 0 Å². The molecule has 0 heterocycles. The molecule has 1 atom stereocenters. The van der Waals surface area contributed by atoms with Crippen molar-refractivity contribution in [3.05, 3.63) is 30.3 Å². The Hall–Kier alpha value is -1.55. The van der Waals surface area contributed by atoms with Gasteiger partial charge in [-0.05, 0) is 31.4 Å². The van der Waals surface area contributed by atoms with Gasteiger partial charge in [0.2, 0.25) is 5.91 Å². The van der Waals surface area contributed by atoms with Crippen molar-refractivity contribution in [3.63, 3.8) is 0 Å². The van der Waals surface area contributed by atoms with Crippen LogP contribution < -0.4 is 16.0 Å². The van der Waals surface area contributed by atoms with Crippen LogP contribution in [0.2, 0.25) is 0 Å². The second-order valence-electron chi connectivity index (χ2n) is 5.65. The number of hydrogen-bond acceptors (Lipinski definition) is 3. The zero-order valence-corrected chi connectivity index (χ0v) is 13.5. The molecule has 21 heavy (non-hydrogen) atoms. The Morgan fingerprint density at radius 1 is 1.29 bits per heavy atom. The van der Waals surface area contributed by atoms with Gasteiger partial charge < -0.3 is 16.0 Å². The molecule has 1 amide bonds. The number of hydrogen-bond donors (Lipinski definition) is 2. The van der Waals surface area contributed by atoms with E-state index in [4.69, 9.17) is 5.73 Å². The summed E-state index contributed by atoms with van der Waals surface area (Å²) in [5.41, 5.74) is 6.89. The van der Waals surface area contributed by atoms with E-state index >= 15 is 0 Å². The Bertz CT molecular complexity index is 406. The molecule has 0 aromatic heterocycles. The lowest BCUT2D eigenvalue weighted by Crippen LogP contribution is -2.39. The number of carbonyl (C=O) groups excluding carboxylic acids is 1. The normalized spacial score (nSPS) is 12.2. The maximum Gasteiger partial charge on any atom is 0.224 e. The summed E-state index contributed by atoms with van der Waals surface area (Å²) in [6.07, 6.45) is 0.934.